The lowest BCUT2D eigenvalue weighted by molar-refractivity contribution is 0.170. The van der Waals surface area contributed by atoms with Crippen molar-refractivity contribution < 1.29 is 9.53 Å². The summed E-state index contributed by atoms with van der Waals surface area (Å²) in [6, 6.07) is 3.67. The molecule has 5 nitrogen and oxygen atoms in total. The van der Waals surface area contributed by atoms with Crippen LogP contribution in [0.3, 0.4) is 0 Å². The van der Waals surface area contributed by atoms with Crippen molar-refractivity contribution in [2.45, 2.75) is 6.92 Å². The lowest BCUT2D eigenvalue weighted by Crippen LogP contribution is -2.13. The molecule has 2 rings (SSSR count). The number of methoxy groups -OCH3 is 1. The average molecular weight is 191 g/mol. The van der Waals surface area contributed by atoms with E-state index < -0.39 is 6.09 Å². The van der Waals surface area contributed by atoms with Gasteiger partial charge < -0.3 is 4.74 Å². The van der Waals surface area contributed by atoms with Crippen molar-refractivity contribution >= 4 is 17.1 Å². The minimum Gasteiger partial charge on any atom is -0.451 e. The minimum atomic E-state index is -0.526. The molecule has 14 heavy (non-hydrogen) atoms. The zero-order valence-corrected chi connectivity index (χ0v) is 7.89. The molecule has 0 aliphatic carbocycles. The summed E-state index contributed by atoms with van der Waals surface area (Å²) in [6.07, 6.45) is 1.09. The monoisotopic (exact) mass is 191 g/mol. The number of aryl methyl sites for hydroxylation is 1. The van der Waals surface area contributed by atoms with E-state index in [2.05, 4.69) is 14.8 Å². The topological polar surface area (TPSA) is 57.0 Å². The van der Waals surface area contributed by atoms with Gasteiger partial charge in [0.2, 0.25) is 0 Å². The van der Waals surface area contributed by atoms with Gasteiger partial charge in [0.25, 0.3) is 0 Å². The van der Waals surface area contributed by atoms with E-state index >= 15 is 0 Å². The second-order valence-corrected chi connectivity index (χ2v) is 2.84. The maximum absolute atomic E-state index is 11.3. The lowest BCUT2D eigenvalue weighted by Gasteiger charge is -1.97. The number of carbonyl (C=O) groups excluding carboxylic acids is 1. The molecule has 0 unspecified atom stereocenters. The van der Waals surface area contributed by atoms with Crippen LogP contribution >= 0.6 is 0 Å². The van der Waals surface area contributed by atoms with E-state index in [1.54, 1.807) is 12.3 Å². The Labute approximate surface area is 80.3 Å². The first-order valence-electron chi connectivity index (χ1n) is 4.12. The van der Waals surface area contributed by atoms with Gasteiger partial charge >= 0.3 is 6.09 Å². The zero-order chi connectivity index (χ0) is 10.1. The zero-order valence-electron chi connectivity index (χ0n) is 7.89. The first kappa shape index (κ1) is 8.68. The highest BCUT2D eigenvalue weighted by molar-refractivity contribution is 5.86. The average Bonchev–Trinajstić information content (AvgIpc) is 2.56. The Balaban J connectivity index is 2.72. The van der Waals surface area contributed by atoms with Crippen LogP contribution in [0.2, 0.25) is 0 Å². The molecular weight excluding hydrogens is 182 g/mol. The largest absolute Gasteiger partial charge is 0.451 e. The number of ether oxygens (including phenoxy) is 1. The molecule has 0 aliphatic rings. The molecule has 0 aromatic carbocycles. The van der Waals surface area contributed by atoms with Crippen LogP contribution in [-0.4, -0.2) is 28.0 Å². The third-order valence-corrected chi connectivity index (χ3v) is 1.97. The van der Waals surface area contributed by atoms with Crippen molar-refractivity contribution in [1.29, 1.82) is 0 Å². The number of fused-ring (bicyclic) bond motifs is 1. The molecule has 0 fully saturated rings. The Morgan fingerprint density at radius 3 is 3.07 bits per heavy atom. The van der Waals surface area contributed by atoms with Crippen LogP contribution < -0.4 is 0 Å². The van der Waals surface area contributed by atoms with E-state index in [0.717, 1.165) is 15.8 Å². The fourth-order valence-electron chi connectivity index (χ4n) is 1.31. The third-order valence-electron chi connectivity index (χ3n) is 1.97. The molecule has 0 bridgehead atoms. The van der Waals surface area contributed by atoms with Crippen molar-refractivity contribution in [2.75, 3.05) is 7.11 Å². The van der Waals surface area contributed by atoms with Gasteiger partial charge in [-0.3, -0.25) is 0 Å². The van der Waals surface area contributed by atoms with Crippen molar-refractivity contribution in [3.8, 4) is 0 Å². The minimum absolute atomic E-state index is 0.525. The summed E-state index contributed by atoms with van der Waals surface area (Å²) in [6.45, 7) is 1.82. The fourth-order valence-corrected chi connectivity index (χ4v) is 1.31. The SMILES string of the molecule is COC(=O)n1nc(C)c2cccnc21. The third kappa shape index (κ3) is 1.14. The van der Waals surface area contributed by atoms with Crippen LogP contribution in [0.15, 0.2) is 18.3 Å². The molecule has 2 aromatic heterocycles. The smallest absolute Gasteiger partial charge is 0.436 e. The Hall–Kier alpha value is -1.91. The molecule has 2 heterocycles. The van der Waals surface area contributed by atoms with E-state index in [9.17, 15) is 4.79 Å². The molecule has 5 heteroatoms. The number of rotatable bonds is 0. The summed E-state index contributed by atoms with van der Waals surface area (Å²) in [4.78, 5) is 15.3. The Kier molecular flexibility index (Phi) is 1.92. The number of hydrogen-bond donors (Lipinski definition) is 0. The van der Waals surface area contributed by atoms with Crippen molar-refractivity contribution in [1.82, 2.24) is 14.8 Å². The van der Waals surface area contributed by atoms with Gasteiger partial charge in [-0.2, -0.15) is 5.10 Å². The molecule has 2 aromatic rings. The van der Waals surface area contributed by atoms with E-state index in [0.29, 0.717) is 5.65 Å². The molecule has 0 spiro atoms. The van der Waals surface area contributed by atoms with Gasteiger partial charge in [0.05, 0.1) is 12.8 Å². The fraction of sp³-hybridized carbons (Fsp3) is 0.222. The van der Waals surface area contributed by atoms with Gasteiger partial charge in [-0.25, -0.2) is 9.78 Å². The van der Waals surface area contributed by atoms with Crippen molar-refractivity contribution in [3.05, 3.63) is 24.0 Å². The lowest BCUT2D eigenvalue weighted by atomic mass is 10.3. The van der Waals surface area contributed by atoms with Gasteiger partial charge in [-0.1, -0.05) is 0 Å². The molecular formula is C9H9N3O2. The van der Waals surface area contributed by atoms with Crippen LogP contribution in [0.25, 0.3) is 11.0 Å². The maximum Gasteiger partial charge on any atom is 0.436 e. The molecule has 72 valence electrons. The van der Waals surface area contributed by atoms with Crippen molar-refractivity contribution in [2.24, 2.45) is 0 Å². The molecule has 0 N–H and O–H groups in total. The second-order valence-electron chi connectivity index (χ2n) is 2.84. The van der Waals surface area contributed by atoms with E-state index in [4.69, 9.17) is 0 Å². The Morgan fingerprint density at radius 2 is 2.36 bits per heavy atom. The summed E-state index contributed by atoms with van der Waals surface area (Å²) in [5, 5.41) is 4.90. The number of nitrogens with zero attached hydrogens (tertiary/aromatic N) is 3. The van der Waals surface area contributed by atoms with Gasteiger partial charge in [0.1, 0.15) is 0 Å². The molecule has 0 aliphatic heterocycles. The highest BCUT2D eigenvalue weighted by Gasteiger charge is 2.13. The van der Waals surface area contributed by atoms with Gasteiger partial charge in [-0.05, 0) is 19.1 Å². The first-order valence-corrected chi connectivity index (χ1v) is 4.12. The van der Waals surface area contributed by atoms with Crippen LogP contribution in [0.4, 0.5) is 4.79 Å². The molecule has 0 amide bonds. The summed E-state index contributed by atoms with van der Waals surface area (Å²) in [7, 11) is 1.31. The van der Waals surface area contributed by atoms with Crippen molar-refractivity contribution in [3.63, 3.8) is 0 Å². The number of carbonyl (C=O) groups is 1. The van der Waals surface area contributed by atoms with Crippen LogP contribution in [-0.2, 0) is 4.74 Å². The van der Waals surface area contributed by atoms with Gasteiger partial charge in [0.15, 0.2) is 5.65 Å². The summed E-state index contributed by atoms with van der Waals surface area (Å²) in [5.74, 6) is 0. The van der Waals surface area contributed by atoms with E-state index in [1.165, 1.54) is 7.11 Å². The maximum atomic E-state index is 11.3. The second kappa shape index (κ2) is 3.10. The number of hydrogen-bond acceptors (Lipinski definition) is 4. The highest BCUT2D eigenvalue weighted by Crippen LogP contribution is 2.14. The number of pyridine rings is 1. The van der Waals surface area contributed by atoms with Gasteiger partial charge in [-0.15, -0.1) is 4.68 Å². The molecule has 0 saturated heterocycles. The Bertz CT molecular complexity index is 490. The van der Waals surface area contributed by atoms with E-state index in [-0.39, 0.29) is 0 Å². The normalized spacial score (nSPS) is 10.4. The summed E-state index contributed by atoms with van der Waals surface area (Å²) in [5.41, 5.74) is 1.29. The summed E-state index contributed by atoms with van der Waals surface area (Å²) >= 11 is 0. The van der Waals surface area contributed by atoms with E-state index in [1.807, 2.05) is 13.0 Å². The standard InChI is InChI=1S/C9H9N3O2/c1-6-7-4-3-5-10-8(7)12(11-6)9(13)14-2/h3-5H,1-2H3. The molecule has 0 radical (unpaired) electrons. The predicted octanol–water partition coefficient (Wildman–Crippen LogP) is 1.35. The van der Waals surface area contributed by atoms with Crippen LogP contribution in [0, 0.1) is 6.92 Å². The Morgan fingerprint density at radius 1 is 1.57 bits per heavy atom. The van der Waals surface area contributed by atoms with Crippen LogP contribution in [0.5, 0.6) is 0 Å². The highest BCUT2D eigenvalue weighted by atomic mass is 16.5. The molecule has 0 saturated carbocycles. The van der Waals surface area contributed by atoms with Gasteiger partial charge in [0, 0.05) is 11.6 Å². The number of aromatic nitrogens is 3. The quantitative estimate of drug-likeness (QED) is 0.630. The summed E-state index contributed by atoms with van der Waals surface area (Å²) < 4.78 is 5.74. The predicted molar refractivity (Wildman–Crippen MR) is 50.1 cm³/mol. The van der Waals surface area contributed by atoms with Crippen LogP contribution in [0.1, 0.15) is 5.69 Å². The molecule has 0 atom stereocenters. The first-order chi connectivity index (χ1) is 6.74.